The van der Waals surface area contributed by atoms with E-state index in [-0.39, 0.29) is 30.2 Å². The van der Waals surface area contributed by atoms with Gasteiger partial charge in [0.05, 0.1) is 0 Å². The minimum Gasteiger partial charge on any atom is -0.326 e. The Morgan fingerprint density at radius 1 is 1.19 bits per heavy atom. The maximum atomic E-state index is 12.8. The van der Waals surface area contributed by atoms with Crippen molar-refractivity contribution >= 4 is 17.7 Å². The summed E-state index contributed by atoms with van der Waals surface area (Å²) < 4.78 is 0. The summed E-state index contributed by atoms with van der Waals surface area (Å²) in [6.07, 6.45) is 3.96. The highest BCUT2D eigenvalue weighted by Crippen LogP contribution is 2.28. The van der Waals surface area contributed by atoms with Gasteiger partial charge in [-0.25, -0.2) is 0 Å². The SMILES string of the molecule is N[C@H]1CCC[C@H]1NCc1ccc2c(c1)C(=O)N(C1CCC(=O)NC1=O)C2. The lowest BCUT2D eigenvalue weighted by Crippen LogP contribution is -2.52. The Morgan fingerprint density at radius 2 is 2.04 bits per heavy atom. The second-order valence-electron chi connectivity index (χ2n) is 7.47. The van der Waals surface area contributed by atoms with Crippen LogP contribution in [0.4, 0.5) is 0 Å². The van der Waals surface area contributed by atoms with E-state index in [0.29, 0.717) is 31.1 Å². The predicted octanol–water partition coefficient (Wildman–Crippen LogP) is 0.417. The number of rotatable bonds is 4. The van der Waals surface area contributed by atoms with Crippen LogP contribution in [0.3, 0.4) is 0 Å². The molecule has 4 N–H and O–H groups in total. The predicted molar refractivity (Wildman–Crippen MR) is 94.9 cm³/mol. The van der Waals surface area contributed by atoms with Crippen LogP contribution in [0.5, 0.6) is 0 Å². The van der Waals surface area contributed by atoms with Crippen LogP contribution in [0, 0.1) is 0 Å². The van der Waals surface area contributed by atoms with Crippen molar-refractivity contribution in [3.63, 3.8) is 0 Å². The Morgan fingerprint density at radius 3 is 2.77 bits per heavy atom. The van der Waals surface area contributed by atoms with E-state index in [1.165, 1.54) is 0 Å². The number of benzene rings is 1. The molecule has 7 heteroatoms. The average Bonchev–Trinajstić information content (AvgIpc) is 3.17. The van der Waals surface area contributed by atoms with Crippen molar-refractivity contribution in [3.05, 3.63) is 34.9 Å². The molecule has 3 aliphatic rings. The summed E-state index contributed by atoms with van der Waals surface area (Å²) in [6.45, 7) is 1.10. The van der Waals surface area contributed by atoms with Crippen molar-refractivity contribution in [2.24, 2.45) is 5.73 Å². The Hall–Kier alpha value is -2.25. The van der Waals surface area contributed by atoms with Gasteiger partial charge < -0.3 is 16.0 Å². The molecule has 2 fully saturated rings. The van der Waals surface area contributed by atoms with Gasteiger partial charge in [0, 0.05) is 37.2 Å². The molecule has 4 rings (SSSR count). The minimum absolute atomic E-state index is 0.131. The Bertz CT molecular complexity index is 763. The molecule has 0 bridgehead atoms. The van der Waals surface area contributed by atoms with Gasteiger partial charge in [0.2, 0.25) is 11.8 Å². The number of carbonyl (C=O) groups excluding carboxylic acids is 3. The molecular formula is C19H24N4O3. The second-order valence-corrected chi connectivity index (χ2v) is 7.47. The first-order valence-corrected chi connectivity index (χ1v) is 9.28. The molecule has 3 amide bonds. The number of imide groups is 1. The maximum absolute atomic E-state index is 12.8. The zero-order valence-corrected chi connectivity index (χ0v) is 14.7. The fourth-order valence-electron chi connectivity index (χ4n) is 4.20. The van der Waals surface area contributed by atoms with Gasteiger partial charge in [-0.15, -0.1) is 0 Å². The third-order valence-corrected chi connectivity index (χ3v) is 5.73. The lowest BCUT2D eigenvalue weighted by molar-refractivity contribution is -0.136. The van der Waals surface area contributed by atoms with E-state index in [2.05, 4.69) is 10.6 Å². The van der Waals surface area contributed by atoms with Gasteiger partial charge in [0.1, 0.15) is 6.04 Å². The normalized spacial score (nSPS) is 28.4. The lowest BCUT2D eigenvalue weighted by atomic mass is 10.0. The largest absolute Gasteiger partial charge is 0.326 e. The minimum atomic E-state index is -0.564. The fraction of sp³-hybridized carbons (Fsp3) is 0.526. The molecule has 1 aliphatic carbocycles. The van der Waals surface area contributed by atoms with Gasteiger partial charge in [-0.1, -0.05) is 18.6 Å². The van der Waals surface area contributed by atoms with Crippen LogP contribution in [-0.2, 0) is 22.7 Å². The standard InChI is InChI=1S/C19H24N4O3/c20-14-2-1-3-15(14)21-9-11-4-5-12-10-23(19(26)13(12)8-11)16-6-7-17(24)22-18(16)25/h4-5,8,14-16,21H,1-3,6-7,9-10,20H2,(H,22,24,25)/t14-,15+,16?/m0/s1. The van der Waals surface area contributed by atoms with Gasteiger partial charge >= 0.3 is 0 Å². The zero-order valence-electron chi connectivity index (χ0n) is 14.7. The summed E-state index contributed by atoms with van der Waals surface area (Å²) in [5, 5.41) is 5.82. The highest BCUT2D eigenvalue weighted by Gasteiger charge is 2.39. The molecule has 1 unspecified atom stereocenters. The number of hydrogen-bond donors (Lipinski definition) is 3. The van der Waals surface area contributed by atoms with E-state index >= 15 is 0 Å². The maximum Gasteiger partial charge on any atom is 0.255 e. The van der Waals surface area contributed by atoms with Crippen LogP contribution < -0.4 is 16.4 Å². The second kappa shape index (κ2) is 6.81. The third-order valence-electron chi connectivity index (χ3n) is 5.73. The molecule has 7 nitrogen and oxygen atoms in total. The molecular weight excluding hydrogens is 332 g/mol. The van der Waals surface area contributed by atoms with Crippen LogP contribution in [0.2, 0.25) is 0 Å². The molecule has 26 heavy (non-hydrogen) atoms. The molecule has 0 radical (unpaired) electrons. The lowest BCUT2D eigenvalue weighted by Gasteiger charge is -2.29. The molecule has 3 atom stereocenters. The van der Waals surface area contributed by atoms with E-state index in [0.717, 1.165) is 30.4 Å². The highest BCUT2D eigenvalue weighted by atomic mass is 16.2. The number of piperidine rings is 1. The summed E-state index contributed by atoms with van der Waals surface area (Å²) >= 11 is 0. The Labute approximate surface area is 152 Å². The van der Waals surface area contributed by atoms with Crippen molar-refractivity contribution in [2.75, 3.05) is 0 Å². The highest BCUT2D eigenvalue weighted by molar-refractivity contribution is 6.05. The number of nitrogens with one attached hydrogen (secondary N) is 2. The molecule has 1 saturated heterocycles. The van der Waals surface area contributed by atoms with Crippen LogP contribution in [0.1, 0.15) is 53.6 Å². The van der Waals surface area contributed by atoms with Crippen molar-refractivity contribution < 1.29 is 14.4 Å². The van der Waals surface area contributed by atoms with Gasteiger partial charge in [-0.05, 0) is 36.5 Å². The van der Waals surface area contributed by atoms with Crippen LogP contribution in [0.15, 0.2) is 18.2 Å². The van der Waals surface area contributed by atoms with Crippen molar-refractivity contribution in [1.29, 1.82) is 0 Å². The third kappa shape index (κ3) is 3.12. The topological polar surface area (TPSA) is 105 Å². The number of amides is 3. The van der Waals surface area contributed by atoms with Crippen LogP contribution in [0.25, 0.3) is 0 Å². The fourth-order valence-corrected chi connectivity index (χ4v) is 4.20. The first-order valence-electron chi connectivity index (χ1n) is 9.28. The van der Waals surface area contributed by atoms with Gasteiger partial charge in [-0.2, -0.15) is 0 Å². The van der Waals surface area contributed by atoms with E-state index in [1.54, 1.807) is 4.90 Å². The van der Waals surface area contributed by atoms with Crippen molar-refractivity contribution in [2.45, 2.75) is 63.3 Å². The summed E-state index contributed by atoms with van der Waals surface area (Å²) in [7, 11) is 0. The molecule has 1 saturated carbocycles. The quantitative estimate of drug-likeness (QED) is 0.678. The van der Waals surface area contributed by atoms with E-state index < -0.39 is 6.04 Å². The van der Waals surface area contributed by atoms with E-state index in [1.807, 2.05) is 18.2 Å². The molecule has 2 aliphatic heterocycles. The number of nitrogens with zero attached hydrogens (tertiary/aromatic N) is 1. The average molecular weight is 356 g/mol. The zero-order chi connectivity index (χ0) is 18.3. The summed E-state index contributed by atoms with van der Waals surface area (Å²) in [5.41, 5.74) is 8.73. The summed E-state index contributed by atoms with van der Waals surface area (Å²) in [4.78, 5) is 37.8. The van der Waals surface area contributed by atoms with Crippen LogP contribution >= 0.6 is 0 Å². The summed E-state index contributed by atoms with van der Waals surface area (Å²) in [6, 6.07) is 5.87. The molecule has 1 aromatic rings. The van der Waals surface area contributed by atoms with Crippen LogP contribution in [-0.4, -0.2) is 40.7 Å². The smallest absolute Gasteiger partial charge is 0.255 e. The number of nitrogens with two attached hydrogens (primary N) is 1. The molecule has 1 aromatic carbocycles. The first kappa shape index (κ1) is 17.2. The van der Waals surface area contributed by atoms with Crippen molar-refractivity contribution in [3.8, 4) is 0 Å². The Balaban J connectivity index is 1.45. The molecule has 2 heterocycles. The van der Waals surface area contributed by atoms with Crippen molar-refractivity contribution in [1.82, 2.24) is 15.5 Å². The van der Waals surface area contributed by atoms with E-state index in [4.69, 9.17) is 5.73 Å². The number of fused-ring (bicyclic) bond motifs is 1. The van der Waals surface area contributed by atoms with Gasteiger partial charge in [-0.3, -0.25) is 19.7 Å². The Kier molecular flexibility index (Phi) is 4.50. The molecule has 0 aromatic heterocycles. The number of carbonyl (C=O) groups is 3. The monoisotopic (exact) mass is 356 g/mol. The van der Waals surface area contributed by atoms with Gasteiger partial charge in [0.25, 0.3) is 5.91 Å². The van der Waals surface area contributed by atoms with Gasteiger partial charge in [0.15, 0.2) is 0 Å². The first-order chi connectivity index (χ1) is 12.5. The summed E-state index contributed by atoms with van der Waals surface area (Å²) in [5.74, 6) is -0.776. The molecule has 0 spiro atoms. The molecule has 138 valence electrons. The van der Waals surface area contributed by atoms with E-state index in [9.17, 15) is 14.4 Å². The number of hydrogen-bond acceptors (Lipinski definition) is 5.